The first-order valence-electron chi connectivity index (χ1n) is 8.46. The molecular weight excluding hydrogens is 294 g/mol. The van der Waals surface area contributed by atoms with Gasteiger partial charge < -0.3 is 15.0 Å². The third kappa shape index (κ3) is 3.19. The lowest BCUT2D eigenvalue weighted by Crippen LogP contribution is -2.47. The minimum Gasteiger partial charge on any atom is -0.375 e. The highest BCUT2D eigenvalue weighted by molar-refractivity contribution is 5.94. The van der Waals surface area contributed by atoms with Crippen LogP contribution in [-0.2, 0) is 4.74 Å². The van der Waals surface area contributed by atoms with Gasteiger partial charge in [-0.2, -0.15) is 0 Å². The van der Waals surface area contributed by atoms with E-state index in [9.17, 15) is 9.59 Å². The van der Waals surface area contributed by atoms with Crippen LogP contribution in [0.3, 0.4) is 0 Å². The van der Waals surface area contributed by atoms with E-state index in [4.69, 9.17) is 4.74 Å². The Morgan fingerprint density at radius 2 is 2.17 bits per heavy atom. The number of rotatable bonds is 3. The van der Waals surface area contributed by atoms with Gasteiger partial charge in [0.05, 0.1) is 12.7 Å². The van der Waals surface area contributed by atoms with Crippen LogP contribution in [0.4, 0.5) is 0 Å². The first kappa shape index (κ1) is 14.9. The Morgan fingerprint density at radius 1 is 1.35 bits per heavy atom. The van der Waals surface area contributed by atoms with Crippen molar-refractivity contribution in [1.82, 2.24) is 15.2 Å². The lowest BCUT2D eigenvalue weighted by atomic mass is 10.1. The van der Waals surface area contributed by atoms with Crippen molar-refractivity contribution in [2.75, 3.05) is 19.7 Å². The number of nitrogens with zero attached hydrogens (tertiary/aromatic N) is 1. The van der Waals surface area contributed by atoms with Crippen LogP contribution in [0.25, 0.3) is 0 Å². The summed E-state index contributed by atoms with van der Waals surface area (Å²) >= 11 is 0. The second kappa shape index (κ2) is 5.76. The second-order valence-electron chi connectivity index (χ2n) is 7.14. The molecule has 3 aliphatic rings. The Labute approximate surface area is 135 Å². The molecule has 4 rings (SSSR count). The number of aryl methyl sites for hydroxylation is 1. The molecule has 1 amide bonds. The number of H-pyrrole nitrogens is 1. The molecule has 3 fully saturated rings. The van der Waals surface area contributed by atoms with Crippen LogP contribution in [0.2, 0.25) is 0 Å². The summed E-state index contributed by atoms with van der Waals surface area (Å²) in [5, 5.41) is 3.08. The topological polar surface area (TPSA) is 74.4 Å². The van der Waals surface area contributed by atoms with Gasteiger partial charge in [0.1, 0.15) is 0 Å². The van der Waals surface area contributed by atoms with Crippen LogP contribution in [0, 0.1) is 12.8 Å². The quantitative estimate of drug-likeness (QED) is 0.859. The van der Waals surface area contributed by atoms with Gasteiger partial charge in [-0.3, -0.25) is 14.5 Å². The van der Waals surface area contributed by atoms with Gasteiger partial charge in [-0.1, -0.05) is 0 Å². The summed E-state index contributed by atoms with van der Waals surface area (Å²) in [5.74, 6) is 0.590. The Bertz CT molecular complexity index is 667. The lowest BCUT2D eigenvalue weighted by Gasteiger charge is -2.35. The number of hydrogen-bond donors (Lipinski definition) is 2. The highest BCUT2D eigenvalue weighted by atomic mass is 16.5. The maximum Gasteiger partial charge on any atom is 0.251 e. The predicted octanol–water partition coefficient (Wildman–Crippen LogP) is 0.665. The molecule has 124 valence electrons. The van der Waals surface area contributed by atoms with Gasteiger partial charge in [0.2, 0.25) is 5.56 Å². The number of pyridine rings is 1. The van der Waals surface area contributed by atoms with E-state index in [1.54, 1.807) is 13.0 Å². The molecule has 3 atom stereocenters. The molecule has 2 N–H and O–H groups in total. The normalized spacial score (nSPS) is 30.9. The van der Waals surface area contributed by atoms with E-state index in [2.05, 4.69) is 15.2 Å². The number of nitrogens with one attached hydrogen (secondary N) is 2. The van der Waals surface area contributed by atoms with E-state index in [0.29, 0.717) is 23.4 Å². The van der Waals surface area contributed by atoms with E-state index < -0.39 is 0 Å². The Morgan fingerprint density at radius 3 is 2.91 bits per heavy atom. The average Bonchev–Trinajstić information content (AvgIpc) is 3.26. The zero-order valence-electron chi connectivity index (χ0n) is 13.4. The van der Waals surface area contributed by atoms with Crippen LogP contribution in [-0.4, -0.2) is 53.7 Å². The fraction of sp³-hybridized carbons (Fsp3) is 0.647. The number of aromatic nitrogens is 1. The number of morpholine rings is 1. The molecule has 23 heavy (non-hydrogen) atoms. The molecular formula is C17H23N3O3. The third-order valence-electron chi connectivity index (χ3n) is 5.17. The molecule has 0 radical (unpaired) electrons. The van der Waals surface area contributed by atoms with Crippen molar-refractivity contribution in [2.24, 2.45) is 5.92 Å². The van der Waals surface area contributed by atoms with E-state index >= 15 is 0 Å². The Kier molecular flexibility index (Phi) is 3.73. The maximum atomic E-state index is 12.4. The maximum absolute atomic E-state index is 12.4. The van der Waals surface area contributed by atoms with Gasteiger partial charge in [-0.15, -0.1) is 0 Å². The SMILES string of the molecule is Cc1cc(C(=O)N[C@@H]2C[C@H]3CO[C@H](C4CC4)CN3C2)cc(=O)[nH]1. The fourth-order valence-electron chi connectivity index (χ4n) is 3.84. The minimum absolute atomic E-state index is 0.133. The number of aromatic amines is 1. The van der Waals surface area contributed by atoms with Crippen LogP contribution < -0.4 is 10.9 Å². The summed E-state index contributed by atoms with van der Waals surface area (Å²) in [6, 6.07) is 3.62. The highest BCUT2D eigenvalue weighted by Gasteiger charge is 2.42. The standard InChI is InChI=1S/C17H23N3O3/c1-10-4-12(5-16(21)18-10)17(22)19-13-6-14-9-23-15(11-2-3-11)8-20(14)7-13/h4-5,11,13-15H,2-3,6-9H2,1H3,(H,18,21)(H,19,22)/t13-,14+,15+/m1/s1. The molecule has 2 aliphatic heterocycles. The Hall–Kier alpha value is -1.66. The molecule has 6 heteroatoms. The van der Waals surface area contributed by atoms with Crippen molar-refractivity contribution in [1.29, 1.82) is 0 Å². The van der Waals surface area contributed by atoms with Gasteiger partial charge in [0.25, 0.3) is 5.91 Å². The smallest absolute Gasteiger partial charge is 0.251 e. The van der Waals surface area contributed by atoms with Gasteiger partial charge in [-0.05, 0) is 38.2 Å². The van der Waals surface area contributed by atoms with Crippen LogP contribution in [0.15, 0.2) is 16.9 Å². The number of carbonyl (C=O) groups excluding carboxylic acids is 1. The van der Waals surface area contributed by atoms with E-state index in [-0.39, 0.29) is 17.5 Å². The van der Waals surface area contributed by atoms with E-state index in [0.717, 1.165) is 32.0 Å². The Balaban J connectivity index is 1.38. The number of hydrogen-bond acceptors (Lipinski definition) is 4. The molecule has 2 saturated heterocycles. The molecule has 0 spiro atoms. The largest absolute Gasteiger partial charge is 0.375 e. The van der Waals surface area contributed by atoms with E-state index in [1.807, 2.05) is 0 Å². The molecule has 0 aromatic carbocycles. The van der Waals surface area contributed by atoms with Crippen molar-refractivity contribution < 1.29 is 9.53 Å². The predicted molar refractivity (Wildman–Crippen MR) is 85.5 cm³/mol. The fourth-order valence-corrected chi connectivity index (χ4v) is 3.84. The summed E-state index contributed by atoms with van der Waals surface area (Å²) < 4.78 is 5.99. The first-order chi connectivity index (χ1) is 11.1. The van der Waals surface area contributed by atoms with Crippen molar-refractivity contribution in [3.05, 3.63) is 33.7 Å². The summed E-state index contributed by atoms with van der Waals surface area (Å²) in [6.45, 7) is 4.43. The van der Waals surface area contributed by atoms with Crippen molar-refractivity contribution in [3.8, 4) is 0 Å². The van der Waals surface area contributed by atoms with Crippen molar-refractivity contribution >= 4 is 5.91 Å². The van der Waals surface area contributed by atoms with Crippen LogP contribution in [0.5, 0.6) is 0 Å². The zero-order valence-corrected chi connectivity index (χ0v) is 13.4. The number of amides is 1. The van der Waals surface area contributed by atoms with Gasteiger partial charge in [0, 0.05) is 42.5 Å². The van der Waals surface area contributed by atoms with Crippen LogP contribution >= 0.6 is 0 Å². The third-order valence-corrected chi connectivity index (χ3v) is 5.17. The summed E-state index contributed by atoms with van der Waals surface area (Å²) in [6.07, 6.45) is 3.90. The molecule has 1 aromatic heterocycles. The summed E-state index contributed by atoms with van der Waals surface area (Å²) in [7, 11) is 0. The minimum atomic E-state index is -0.236. The highest BCUT2D eigenvalue weighted by Crippen LogP contribution is 2.37. The van der Waals surface area contributed by atoms with Gasteiger partial charge in [-0.25, -0.2) is 0 Å². The lowest BCUT2D eigenvalue weighted by molar-refractivity contribution is -0.0581. The summed E-state index contributed by atoms with van der Waals surface area (Å²) in [4.78, 5) is 29.0. The average molecular weight is 317 g/mol. The second-order valence-corrected chi connectivity index (χ2v) is 7.14. The van der Waals surface area contributed by atoms with Gasteiger partial charge in [0.15, 0.2) is 0 Å². The molecule has 3 heterocycles. The van der Waals surface area contributed by atoms with Crippen LogP contribution in [0.1, 0.15) is 35.3 Å². The van der Waals surface area contributed by atoms with E-state index in [1.165, 1.54) is 18.9 Å². The summed E-state index contributed by atoms with van der Waals surface area (Å²) in [5.41, 5.74) is 0.898. The number of fused-ring (bicyclic) bond motifs is 1. The first-order valence-corrected chi connectivity index (χ1v) is 8.46. The zero-order chi connectivity index (χ0) is 16.0. The molecule has 6 nitrogen and oxygen atoms in total. The molecule has 0 unspecified atom stereocenters. The number of carbonyl (C=O) groups is 1. The molecule has 1 saturated carbocycles. The van der Waals surface area contributed by atoms with Crippen molar-refractivity contribution in [2.45, 2.75) is 44.4 Å². The molecule has 1 aliphatic carbocycles. The monoisotopic (exact) mass is 317 g/mol. The molecule has 0 bridgehead atoms. The number of ether oxygens (including phenoxy) is 1. The van der Waals surface area contributed by atoms with Crippen molar-refractivity contribution in [3.63, 3.8) is 0 Å². The molecule has 1 aromatic rings. The van der Waals surface area contributed by atoms with Gasteiger partial charge >= 0.3 is 0 Å².